The highest BCUT2D eigenvalue weighted by Gasteiger charge is 2.19. The smallest absolute Gasteiger partial charge is 0.306 e. The van der Waals surface area contributed by atoms with Gasteiger partial charge in [0.05, 0.1) is 0 Å². The van der Waals surface area contributed by atoms with Gasteiger partial charge in [0.1, 0.15) is 13.2 Å². The molecular formula is C54H92O6. The summed E-state index contributed by atoms with van der Waals surface area (Å²) >= 11 is 0. The number of rotatable bonds is 44. The molecule has 0 aromatic heterocycles. The molecular weight excluding hydrogens is 745 g/mol. The summed E-state index contributed by atoms with van der Waals surface area (Å²) in [6.07, 6.45) is 60.3. The van der Waals surface area contributed by atoms with Crippen molar-refractivity contribution in [2.24, 2.45) is 0 Å². The Kier molecular flexibility index (Phi) is 46.0. The molecule has 6 heteroatoms. The van der Waals surface area contributed by atoms with Crippen molar-refractivity contribution in [2.45, 2.75) is 239 Å². The topological polar surface area (TPSA) is 78.9 Å². The van der Waals surface area contributed by atoms with Crippen LogP contribution >= 0.6 is 0 Å². The minimum Gasteiger partial charge on any atom is -0.462 e. The first-order valence-corrected chi connectivity index (χ1v) is 24.9. The number of carbonyl (C=O) groups is 3. The first-order valence-electron chi connectivity index (χ1n) is 24.9. The zero-order valence-corrected chi connectivity index (χ0v) is 39.2. The minimum absolute atomic E-state index is 0.0862. The number of unbranched alkanes of at least 4 members (excludes halogenated alkanes) is 21. The summed E-state index contributed by atoms with van der Waals surface area (Å²) in [5.41, 5.74) is 0. The van der Waals surface area contributed by atoms with Gasteiger partial charge in [-0.25, -0.2) is 0 Å². The highest BCUT2D eigenvalue weighted by molar-refractivity contribution is 5.71. The SMILES string of the molecule is CC/C=C\C/C=C\C/C=C\C/C=C\CCCCCCC(=O)OCC(COC(=O)CCCCCCCCCC)OC(=O)CCCCCCCCC/C=C\C/C=C\CCCCC. The molecule has 0 aliphatic rings. The fraction of sp³-hybridized carbons (Fsp3) is 0.722. The van der Waals surface area contributed by atoms with Crippen molar-refractivity contribution in [2.75, 3.05) is 13.2 Å². The monoisotopic (exact) mass is 837 g/mol. The molecule has 344 valence electrons. The zero-order valence-electron chi connectivity index (χ0n) is 39.2. The van der Waals surface area contributed by atoms with Gasteiger partial charge in [0.2, 0.25) is 0 Å². The molecule has 0 fully saturated rings. The summed E-state index contributed by atoms with van der Waals surface area (Å²) in [5, 5.41) is 0. The summed E-state index contributed by atoms with van der Waals surface area (Å²) in [6, 6.07) is 0. The van der Waals surface area contributed by atoms with Crippen LogP contribution < -0.4 is 0 Å². The first kappa shape index (κ1) is 56.9. The Balaban J connectivity index is 4.37. The van der Waals surface area contributed by atoms with Gasteiger partial charge < -0.3 is 14.2 Å². The molecule has 0 bridgehead atoms. The van der Waals surface area contributed by atoms with Gasteiger partial charge in [-0.2, -0.15) is 0 Å². The van der Waals surface area contributed by atoms with E-state index in [-0.39, 0.29) is 31.1 Å². The maximum Gasteiger partial charge on any atom is 0.306 e. The van der Waals surface area contributed by atoms with E-state index >= 15 is 0 Å². The highest BCUT2D eigenvalue weighted by Crippen LogP contribution is 2.14. The third-order valence-corrected chi connectivity index (χ3v) is 10.4. The van der Waals surface area contributed by atoms with E-state index in [2.05, 4.69) is 93.7 Å². The Labute approximate surface area is 370 Å². The highest BCUT2D eigenvalue weighted by atomic mass is 16.6. The van der Waals surface area contributed by atoms with Crippen molar-refractivity contribution in [3.8, 4) is 0 Å². The summed E-state index contributed by atoms with van der Waals surface area (Å²) in [6.45, 7) is 6.44. The second-order valence-corrected chi connectivity index (χ2v) is 16.3. The molecule has 0 N–H and O–H groups in total. The van der Waals surface area contributed by atoms with Crippen molar-refractivity contribution in [1.82, 2.24) is 0 Å². The number of carbonyl (C=O) groups excluding carboxylic acids is 3. The van der Waals surface area contributed by atoms with Crippen LogP contribution in [0.4, 0.5) is 0 Å². The van der Waals surface area contributed by atoms with Crippen molar-refractivity contribution < 1.29 is 28.6 Å². The molecule has 0 spiro atoms. The summed E-state index contributed by atoms with van der Waals surface area (Å²) < 4.78 is 16.7. The van der Waals surface area contributed by atoms with Crippen molar-refractivity contribution in [3.63, 3.8) is 0 Å². The Morgan fingerprint density at radius 2 is 0.650 bits per heavy atom. The average Bonchev–Trinajstić information content (AvgIpc) is 3.24. The van der Waals surface area contributed by atoms with E-state index in [1.807, 2.05) is 0 Å². The van der Waals surface area contributed by atoms with Crippen LogP contribution in [0.5, 0.6) is 0 Å². The van der Waals surface area contributed by atoms with E-state index in [0.717, 1.165) is 109 Å². The quantitative estimate of drug-likeness (QED) is 0.0263. The molecule has 0 rings (SSSR count). The zero-order chi connectivity index (χ0) is 43.7. The molecule has 0 aromatic carbocycles. The Morgan fingerprint density at radius 1 is 0.350 bits per heavy atom. The number of hydrogen-bond donors (Lipinski definition) is 0. The van der Waals surface area contributed by atoms with Crippen molar-refractivity contribution in [3.05, 3.63) is 72.9 Å². The fourth-order valence-electron chi connectivity index (χ4n) is 6.70. The fourth-order valence-corrected chi connectivity index (χ4v) is 6.70. The predicted octanol–water partition coefficient (Wildman–Crippen LogP) is 16.3. The second kappa shape index (κ2) is 48.5. The molecule has 0 amide bonds. The van der Waals surface area contributed by atoms with Gasteiger partial charge in [-0.1, -0.05) is 196 Å². The van der Waals surface area contributed by atoms with Crippen molar-refractivity contribution >= 4 is 17.9 Å². The van der Waals surface area contributed by atoms with Gasteiger partial charge in [-0.3, -0.25) is 14.4 Å². The normalized spacial score (nSPS) is 12.7. The molecule has 60 heavy (non-hydrogen) atoms. The summed E-state index contributed by atoms with van der Waals surface area (Å²) in [4.78, 5) is 37.8. The standard InChI is InChI=1S/C54H92O6/c1-4-7-10-13-16-19-21-23-25-27-29-31-33-35-38-41-44-47-53(56)59-50-51(49-58-52(55)46-43-40-37-18-15-12-9-6-3)60-54(57)48-45-42-39-36-34-32-30-28-26-24-22-20-17-14-11-8-5-2/h7,10,16-17,19-20,23-26,29,31,51H,4-6,8-9,11-15,18,21-22,27-28,30,32-50H2,1-3H3/b10-7-,19-16-,20-17-,25-23-,26-24-,31-29-. The summed E-state index contributed by atoms with van der Waals surface area (Å²) in [5.74, 6) is -0.924. The number of esters is 3. The summed E-state index contributed by atoms with van der Waals surface area (Å²) in [7, 11) is 0. The number of hydrogen-bond acceptors (Lipinski definition) is 6. The lowest BCUT2D eigenvalue weighted by Crippen LogP contribution is -2.30. The lowest BCUT2D eigenvalue weighted by Gasteiger charge is -2.18. The van der Waals surface area contributed by atoms with E-state index in [0.29, 0.717) is 19.3 Å². The van der Waals surface area contributed by atoms with Gasteiger partial charge >= 0.3 is 17.9 Å². The Bertz CT molecular complexity index is 1140. The average molecular weight is 837 g/mol. The molecule has 1 unspecified atom stereocenters. The molecule has 0 heterocycles. The van der Waals surface area contributed by atoms with Crippen LogP contribution in [-0.2, 0) is 28.6 Å². The van der Waals surface area contributed by atoms with E-state index in [4.69, 9.17) is 14.2 Å². The molecule has 0 aliphatic carbocycles. The lowest BCUT2D eigenvalue weighted by atomic mass is 10.1. The van der Waals surface area contributed by atoms with Crippen LogP contribution in [0.2, 0.25) is 0 Å². The second-order valence-electron chi connectivity index (χ2n) is 16.3. The van der Waals surface area contributed by atoms with E-state index in [1.165, 1.54) is 83.5 Å². The van der Waals surface area contributed by atoms with Crippen molar-refractivity contribution in [1.29, 1.82) is 0 Å². The first-order chi connectivity index (χ1) is 29.5. The van der Waals surface area contributed by atoms with Gasteiger partial charge in [-0.05, 0) is 89.9 Å². The van der Waals surface area contributed by atoms with Crippen LogP contribution in [0.25, 0.3) is 0 Å². The van der Waals surface area contributed by atoms with Gasteiger partial charge in [0.25, 0.3) is 0 Å². The molecule has 0 aliphatic heterocycles. The third kappa shape index (κ3) is 45.9. The third-order valence-electron chi connectivity index (χ3n) is 10.4. The van der Waals surface area contributed by atoms with Gasteiger partial charge in [0.15, 0.2) is 6.10 Å². The number of ether oxygens (including phenoxy) is 3. The predicted molar refractivity (Wildman–Crippen MR) is 256 cm³/mol. The van der Waals surface area contributed by atoms with Crippen LogP contribution in [0, 0.1) is 0 Å². The molecule has 0 radical (unpaired) electrons. The molecule has 0 saturated heterocycles. The van der Waals surface area contributed by atoms with Gasteiger partial charge in [0, 0.05) is 19.3 Å². The van der Waals surface area contributed by atoms with Crippen LogP contribution in [0.3, 0.4) is 0 Å². The van der Waals surface area contributed by atoms with E-state index < -0.39 is 6.10 Å². The molecule has 1 atom stereocenters. The van der Waals surface area contributed by atoms with E-state index in [1.54, 1.807) is 0 Å². The van der Waals surface area contributed by atoms with Crippen LogP contribution in [0.1, 0.15) is 233 Å². The maximum absolute atomic E-state index is 12.8. The number of allylic oxidation sites excluding steroid dienone is 12. The largest absolute Gasteiger partial charge is 0.462 e. The Morgan fingerprint density at radius 3 is 1.05 bits per heavy atom. The van der Waals surface area contributed by atoms with Crippen LogP contribution in [-0.4, -0.2) is 37.2 Å². The lowest BCUT2D eigenvalue weighted by molar-refractivity contribution is -0.167. The van der Waals surface area contributed by atoms with Crippen LogP contribution in [0.15, 0.2) is 72.9 Å². The minimum atomic E-state index is -0.786. The maximum atomic E-state index is 12.8. The molecule has 0 aromatic rings. The molecule has 6 nitrogen and oxygen atoms in total. The van der Waals surface area contributed by atoms with Gasteiger partial charge in [-0.15, -0.1) is 0 Å². The van der Waals surface area contributed by atoms with E-state index in [9.17, 15) is 14.4 Å². The molecule has 0 saturated carbocycles. The Hall–Kier alpha value is -3.15.